The number of ether oxygens (including phenoxy) is 2. The molecule has 1 fully saturated rings. The summed E-state index contributed by atoms with van der Waals surface area (Å²) in [5, 5.41) is 0. The Kier molecular flexibility index (Phi) is 6.82. The third-order valence-electron chi connectivity index (χ3n) is 9.05. The topological polar surface area (TPSA) is 24.9 Å². The summed E-state index contributed by atoms with van der Waals surface area (Å²) < 4.78 is 13.3. The maximum absolute atomic E-state index is 6.67. The zero-order chi connectivity index (χ0) is 27.1. The normalized spacial score (nSPS) is 24.9. The van der Waals surface area contributed by atoms with Gasteiger partial charge >= 0.3 is 0 Å². The lowest BCUT2D eigenvalue weighted by atomic mass is 9.84. The van der Waals surface area contributed by atoms with E-state index in [1.807, 2.05) is 0 Å². The van der Waals surface area contributed by atoms with Gasteiger partial charge in [-0.1, -0.05) is 96.1 Å². The van der Waals surface area contributed by atoms with Gasteiger partial charge in [0.2, 0.25) is 0 Å². The van der Waals surface area contributed by atoms with Crippen molar-refractivity contribution in [1.82, 2.24) is 9.80 Å². The average Bonchev–Trinajstić information content (AvgIpc) is 3.01. The average molecular weight is 531 g/mol. The van der Waals surface area contributed by atoms with Crippen LogP contribution in [0.2, 0.25) is 0 Å². The Balaban J connectivity index is 1.08. The van der Waals surface area contributed by atoms with Crippen molar-refractivity contribution < 1.29 is 9.47 Å². The zero-order valence-electron chi connectivity index (χ0n) is 23.5. The molecule has 0 spiro atoms. The van der Waals surface area contributed by atoms with Crippen LogP contribution >= 0.6 is 0 Å². The van der Waals surface area contributed by atoms with Crippen LogP contribution in [-0.2, 0) is 0 Å². The molecule has 3 heterocycles. The maximum Gasteiger partial charge on any atom is 0.153 e. The Morgan fingerprint density at radius 2 is 0.925 bits per heavy atom. The first kappa shape index (κ1) is 25.4. The summed E-state index contributed by atoms with van der Waals surface area (Å²) in [4.78, 5) is 5.09. The number of benzene rings is 4. The van der Waals surface area contributed by atoms with E-state index in [2.05, 4.69) is 121 Å². The third kappa shape index (κ3) is 4.91. The molecule has 0 aliphatic carbocycles. The van der Waals surface area contributed by atoms with Crippen molar-refractivity contribution in [1.29, 1.82) is 0 Å². The van der Waals surface area contributed by atoms with E-state index in [0.29, 0.717) is 11.8 Å². The number of fused-ring (bicyclic) bond motifs is 2. The molecule has 0 bridgehead atoms. The molecule has 0 radical (unpaired) electrons. The largest absolute Gasteiger partial charge is 0.475 e. The van der Waals surface area contributed by atoms with Crippen molar-refractivity contribution in [2.24, 2.45) is 0 Å². The van der Waals surface area contributed by atoms with Crippen molar-refractivity contribution in [3.8, 4) is 11.5 Å². The van der Waals surface area contributed by atoms with E-state index in [-0.39, 0.29) is 12.5 Å². The summed E-state index contributed by atoms with van der Waals surface area (Å²) in [6.45, 7) is 8.24. The number of aryl methyl sites for hydroxylation is 2. The second-order valence-corrected chi connectivity index (χ2v) is 11.7. The predicted octanol–water partition coefficient (Wildman–Crippen LogP) is 7.10. The van der Waals surface area contributed by atoms with Gasteiger partial charge in [-0.15, -0.1) is 0 Å². The van der Waals surface area contributed by atoms with Crippen LogP contribution in [0.5, 0.6) is 11.5 Å². The van der Waals surface area contributed by atoms with E-state index in [4.69, 9.17) is 9.47 Å². The highest BCUT2D eigenvalue weighted by Crippen LogP contribution is 2.43. The summed E-state index contributed by atoms with van der Waals surface area (Å²) >= 11 is 0. The van der Waals surface area contributed by atoms with Gasteiger partial charge in [0.1, 0.15) is 11.5 Å². The fourth-order valence-electron chi connectivity index (χ4n) is 6.90. The van der Waals surface area contributed by atoms with E-state index < -0.39 is 0 Å². The lowest BCUT2D eigenvalue weighted by Crippen LogP contribution is -2.57. The second-order valence-electron chi connectivity index (χ2n) is 11.7. The maximum atomic E-state index is 6.67. The third-order valence-corrected chi connectivity index (χ3v) is 9.05. The number of hydrogen-bond donors (Lipinski definition) is 0. The molecule has 3 aliphatic heterocycles. The Bertz CT molecular complexity index is 1350. The van der Waals surface area contributed by atoms with Crippen molar-refractivity contribution in [2.75, 3.05) is 26.2 Å². The smallest absolute Gasteiger partial charge is 0.153 e. The number of piperazine rings is 1. The highest BCUT2D eigenvalue weighted by molar-refractivity contribution is 5.47. The molecule has 4 unspecified atom stereocenters. The van der Waals surface area contributed by atoms with Crippen molar-refractivity contribution in [3.63, 3.8) is 0 Å². The SMILES string of the molecule is Cc1ccc2c(c1)C(c1ccccc1)CC(N1CCN(C3CC(c4ccccc4)c4cc(C)ccc4O3)CC1)O2. The van der Waals surface area contributed by atoms with E-state index in [9.17, 15) is 0 Å². The van der Waals surface area contributed by atoms with Gasteiger partial charge in [-0.05, 0) is 37.1 Å². The number of rotatable bonds is 4. The molecule has 204 valence electrons. The number of nitrogens with zero attached hydrogens (tertiary/aromatic N) is 2. The molecule has 4 atom stereocenters. The molecule has 1 saturated heterocycles. The van der Waals surface area contributed by atoms with Gasteiger partial charge in [-0.2, -0.15) is 0 Å². The molecular weight excluding hydrogens is 492 g/mol. The van der Waals surface area contributed by atoms with Crippen LogP contribution in [0.3, 0.4) is 0 Å². The Morgan fingerprint density at radius 1 is 0.525 bits per heavy atom. The van der Waals surface area contributed by atoms with Crippen LogP contribution in [0.15, 0.2) is 97.1 Å². The lowest BCUT2D eigenvalue weighted by molar-refractivity contribution is -0.0654. The van der Waals surface area contributed by atoms with Crippen molar-refractivity contribution >= 4 is 0 Å². The van der Waals surface area contributed by atoms with Crippen LogP contribution < -0.4 is 9.47 Å². The first-order chi connectivity index (χ1) is 19.6. The highest BCUT2D eigenvalue weighted by atomic mass is 16.5. The van der Waals surface area contributed by atoms with Crippen molar-refractivity contribution in [2.45, 2.75) is 51.0 Å². The van der Waals surface area contributed by atoms with E-state index >= 15 is 0 Å². The molecule has 0 saturated carbocycles. The van der Waals surface area contributed by atoms with Crippen molar-refractivity contribution in [3.05, 3.63) is 130 Å². The quantitative estimate of drug-likeness (QED) is 0.281. The summed E-state index contributed by atoms with van der Waals surface area (Å²) in [6.07, 6.45) is 2.11. The lowest BCUT2D eigenvalue weighted by Gasteiger charge is -2.46. The van der Waals surface area contributed by atoms with Gasteiger partial charge in [0.15, 0.2) is 12.5 Å². The molecule has 4 heteroatoms. The molecule has 40 heavy (non-hydrogen) atoms. The summed E-state index contributed by atoms with van der Waals surface area (Å²) in [6, 6.07) is 35.2. The second kappa shape index (κ2) is 10.8. The first-order valence-electron chi connectivity index (χ1n) is 14.7. The van der Waals surface area contributed by atoms with Gasteiger partial charge in [-0.25, -0.2) is 0 Å². The summed E-state index contributed by atoms with van der Waals surface area (Å²) in [7, 11) is 0. The van der Waals surface area contributed by atoms with Gasteiger partial charge in [0, 0.05) is 62.0 Å². The first-order valence-corrected chi connectivity index (χ1v) is 14.7. The molecule has 3 aliphatic rings. The van der Waals surface area contributed by atoms with E-state index in [0.717, 1.165) is 50.5 Å². The van der Waals surface area contributed by atoms with Crippen LogP contribution in [0.4, 0.5) is 0 Å². The Labute approximate surface area is 238 Å². The molecule has 0 aromatic heterocycles. The van der Waals surface area contributed by atoms with E-state index in [1.54, 1.807) is 0 Å². The standard InChI is InChI=1S/C36H38N2O2/c1-25-13-15-33-31(21-25)29(27-9-5-3-6-10-27)23-35(39-33)37-17-19-38(20-18-37)36-24-30(28-11-7-4-8-12-28)32-22-26(2)14-16-34(32)40-36/h3-16,21-22,29-30,35-36H,17-20,23-24H2,1-2H3. The summed E-state index contributed by atoms with van der Waals surface area (Å²) in [5.74, 6) is 2.76. The molecular formula is C36H38N2O2. The Hall–Kier alpha value is -3.60. The van der Waals surface area contributed by atoms with Crippen LogP contribution in [0, 0.1) is 13.8 Å². The van der Waals surface area contributed by atoms with Crippen LogP contribution in [-0.4, -0.2) is 48.4 Å². The monoisotopic (exact) mass is 530 g/mol. The zero-order valence-corrected chi connectivity index (χ0v) is 23.5. The minimum absolute atomic E-state index is 0.0793. The number of hydrogen-bond acceptors (Lipinski definition) is 4. The van der Waals surface area contributed by atoms with Gasteiger partial charge in [0.05, 0.1) is 0 Å². The van der Waals surface area contributed by atoms with Crippen LogP contribution in [0.25, 0.3) is 0 Å². The van der Waals surface area contributed by atoms with Gasteiger partial charge < -0.3 is 9.47 Å². The molecule has 4 aromatic rings. The summed E-state index contributed by atoms with van der Waals surface area (Å²) in [5.41, 5.74) is 7.95. The minimum atomic E-state index is 0.0793. The molecule has 4 nitrogen and oxygen atoms in total. The molecule has 0 N–H and O–H groups in total. The molecule has 4 aromatic carbocycles. The van der Waals surface area contributed by atoms with Gasteiger partial charge in [-0.3, -0.25) is 9.80 Å². The molecule has 0 amide bonds. The fourth-order valence-corrected chi connectivity index (χ4v) is 6.90. The minimum Gasteiger partial charge on any atom is -0.475 e. The van der Waals surface area contributed by atoms with Crippen LogP contribution in [0.1, 0.15) is 58.1 Å². The van der Waals surface area contributed by atoms with E-state index in [1.165, 1.54) is 33.4 Å². The predicted molar refractivity (Wildman–Crippen MR) is 160 cm³/mol. The fraction of sp³-hybridized carbons (Fsp3) is 0.333. The van der Waals surface area contributed by atoms with Gasteiger partial charge in [0.25, 0.3) is 0 Å². The Morgan fingerprint density at radius 3 is 1.32 bits per heavy atom. The highest BCUT2D eigenvalue weighted by Gasteiger charge is 2.38. The molecule has 7 rings (SSSR count).